The van der Waals surface area contributed by atoms with Crippen molar-refractivity contribution in [2.45, 2.75) is 32.0 Å². The van der Waals surface area contributed by atoms with Gasteiger partial charge in [0, 0.05) is 25.7 Å². The van der Waals surface area contributed by atoms with Gasteiger partial charge in [-0.1, -0.05) is 0 Å². The lowest BCUT2D eigenvalue weighted by Crippen LogP contribution is -2.30. The molecule has 0 bridgehead atoms. The van der Waals surface area contributed by atoms with Gasteiger partial charge in [-0.25, -0.2) is 0 Å². The molecule has 3 heterocycles. The third kappa shape index (κ3) is 6.65. The Bertz CT molecular complexity index is 185. The van der Waals surface area contributed by atoms with E-state index >= 15 is 0 Å². The van der Waals surface area contributed by atoms with Gasteiger partial charge in [-0.2, -0.15) is 0 Å². The molecule has 3 aliphatic rings. The van der Waals surface area contributed by atoms with Crippen molar-refractivity contribution < 1.29 is 29.2 Å². The molecule has 3 saturated heterocycles. The average molecular weight is 278 g/mol. The number of fused-ring (bicyclic) bond motifs is 1. The number of hydrogen-bond acceptors (Lipinski definition) is 6. The van der Waals surface area contributed by atoms with Crippen LogP contribution in [0.2, 0.25) is 0 Å². The van der Waals surface area contributed by atoms with Crippen molar-refractivity contribution in [3.05, 3.63) is 0 Å². The summed E-state index contributed by atoms with van der Waals surface area (Å²) in [5.41, 5.74) is 0. The highest BCUT2D eigenvalue weighted by Crippen LogP contribution is 2.25. The molecule has 0 aromatic carbocycles. The third-order valence-electron chi connectivity index (χ3n) is 3.14. The van der Waals surface area contributed by atoms with Crippen LogP contribution in [0.3, 0.4) is 0 Å². The Morgan fingerprint density at radius 1 is 1.05 bits per heavy atom. The fourth-order valence-electron chi connectivity index (χ4n) is 1.91. The average Bonchev–Trinajstić information content (AvgIpc) is 2.92. The molecule has 6 heteroatoms. The summed E-state index contributed by atoms with van der Waals surface area (Å²) in [7, 11) is 0. The van der Waals surface area contributed by atoms with Crippen LogP contribution in [-0.4, -0.2) is 68.9 Å². The first-order chi connectivity index (χ1) is 9.31. The van der Waals surface area contributed by atoms with Gasteiger partial charge in [0.2, 0.25) is 0 Å². The summed E-state index contributed by atoms with van der Waals surface area (Å²) in [5.74, 6) is 0.449. The van der Waals surface area contributed by atoms with E-state index in [4.69, 9.17) is 24.4 Å². The maximum atomic E-state index is 8.31. The molecule has 114 valence electrons. The Morgan fingerprint density at radius 2 is 1.63 bits per heavy atom. The van der Waals surface area contributed by atoms with Gasteiger partial charge in [0.05, 0.1) is 32.0 Å². The lowest BCUT2D eigenvalue weighted by molar-refractivity contribution is -0.0554. The Hall–Kier alpha value is -0.240. The van der Waals surface area contributed by atoms with Gasteiger partial charge in [0.15, 0.2) is 0 Å². The van der Waals surface area contributed by atoms with Crippen LogP contribution in [0.25, 0.3) is 0 Å². The molecule has 3 fully saturated rings. The summed E-state index contributed by atoms with van der Waals surface area (Å²) < 4.78 is 19.9. The summed E-state index contributed by atoms with van der Waals surface area (Å²) in [5, 5.41) is 16.2. The van der Waals surface area contributed by atoms with Crippen LogP contribution in [0.5, 0.6) is 0 Å². The third-order valence-corrected chi connectivity index (χ3v) is 3.14. The Labute approximate surface area is 114 Å². The van der Waals surface area contributed by atoms with E-state index in [1.807, 2.05) is 6.92 Å². The molecule has 6 nitrogen and oxygen atoms in total. The van der Waals surface area contributed by atoms with Crippen LogP contribution < -0.4 is 0 Å². The molecule has 0 unspecified atom stereocenters. The van der Waals surface area contributed by atoms with Gasteiger partial charge in [0.1, 0.15) is 6.79 Å². The van der Waals surface area contributed by atoms with E-state index in [2.05, 4.69) is 4.74 Å². The molecule has 3 rings (SSSR count). The highest BCUT2D eigenvalue weighted by atomic mass is 16.6. The topological polar surface area (TPSA) is 77.4 Å². The predicted octanol–water partition coefficient (Wildman–Crippen LogP) is 0.162. The minimum absolute atomic E-state index is 0.156. The van der Waals surface area contributed by atoms with Crippen LogP contribution in [0.15, 0.2) is 0 Å². The second-order valence-corrected chi connectivity index (χ2v) is 4.60. The normalized spacial score (nSPS) is 28.6. The number of rotatable bonds is 3. The summed E-state index contributed by atoms with van der Waals surface area (Å²) >= 11 is 0. The zero-order valence-electron chi connectivity index (χ0n) is 11.6. The van der Waals surface area contributed by atoms with Gasteiger partial charge in [-0.15, -0.1) is 0 Å². The second kappa shape index (κ2) is 10.5. The Balaban J connectivity index is 0.000000149. The molecule has 0 amide bonds. The van der Waals surface area contributed by atoms with Crippen LogP contribution in [0, 0.1) is 5.92 Å². The molecule has 2 N–H and O–H groups in total. The van der Waals surface area contributed by atoms with E-state index in [0.29, 0.717) is 31.3 Å². The van der Waals surface area contributed by atoms with E-state index in [1.54, 1.807) is 0 Å². The maximum Gasteiger partial charge on any atom is 0.143 e. The van der Waals surface area contributed by atoms with Crippen molar-refractivity contribution >= 4 is 0 Å². The van der Waals surface area contributed by atoms with E-state index in [-0.39, 0.29) is 6.79 Å². The van der Waals surface area contributed by atoms with Crippen molar-refractivity contribution in [3.8, 4) is 0 Å². The summed E-state index contributed by atoms with van der Waals surface area (Å²) in [6.07, 6.45) is 3.14. The summed E-state index contributed by atoms with van der Waals surface area (Å²) in [6, 6.07) is 0. The van der Waals surface area contributed by atoms with Crippen LogP contribution >= 0.6 is 0 Å². The van der Waals surface area contributed by atoms with Gasteiger partial charge < -0.3 is 29.2 Å². The molecular formula is C13H26O6. The van der Waals surface area contributed by atoms with E-state index in [9.17, 15) is 0 Å². The summed E-state index contributed by atoms with van der Waals surface area (Å²) in [6.45, 7) is 5.90. The minimum Gasteiger partial charge on any atom is -0.396 e. The van der Waals surface area contributed by atoms with Gasteiger partial charge in [0.25, 0.3) is 0 Å². The quantitative estimate of drug-likeness (QED) is 0.716. The monoisotopic (exact) mass is 278 g/mol. The van der Waals surface area contributed by atoms with Crippen molar-refractivity contribution in [1.82, 2.24) is 0 Å². The molecule has 0 saturated carbocycles. The zero-order chi connectivity index (χ0) is 13.9. The first-order valence-corrected chi connectivity index (χ1v) is 6.92. The first kappa shape index (κ1) is 16.8. The van der Waals surface area contributed by atoms with E-state index in [0.717, 1.165) is 39.3 Å². The first-order valence-electron chi connectivity index (χ1n) is 6.92. The number of aliphatic hydroxyl groups excluding tert-OH is 2. The number of ether oxygens (including phenoxy) is 4. The largest absolute Gasteiger partial charge is 0.396 e. The van der Waals surface area contributed by atoms with Crippen molar-refractivity contribution in [1.29, 1.82) is 0 Å². The minimum atomic E-state index is -0.156. The van der Waals surface area contributed by atoms with Gasteiger partial charge >= 0.3 is 0 Å². The molecule has 0 radical (unpaired) electrons. The maximum absolute atomic E-state index is 8.31. The fraction of sp³-hybridized carbons (Fsp3) is 1.00. The molecule has 2 atom stereocenters. The second-order valence-electron chi connectivity index (χ2n) is 4.60. The van der Waals surface area contributed by atoms with Gasteiger partial charge in [-0.05, 0) is 19.8 Å². The molecule has 0 aromatic rings. The molecule has 0 aliphatic carbocycles. The van der Waals surface area contributed by atoms with Crippen molar-refractivity contribution in [2.75, 3.05) is 46.4 Å². The molecule has 19 heavy (non-hydrogen) atoms. The van der Waals surface area contributed by atoms with Crippen LogP contribution in [0.4, 0.5) is 0 Å². The van der Waals surface area contributed by atoms with Gasteiger partial charge in [-0.3, -0.25) is 0 Å². The SMILES string of the molecule is C1C[C@@H]2OCC[C@@H]2O1.CCOCO.OCC1COC1. The highest BCUT2D eigenvalue weighted by molar-refractivity contribution is 4.81. The van der Waals surface area contributed by atoms with E-state index < -0.39 is 0 Å². The zero-order valence-corrected chi connectivity index (χ0v) is 11.6. The molecule has 0 aromatic heterocycles. The fourth-order valence-corrected chi connectivity index (χ4v) is 1.91. The lowest BCUT2D eigenvalue weighted by atomic mass is 10.1. The molecule has 3 aliphatic heterocycles. The smallest absolute Gasteiger partial charge is 0.143 e. The Kier molecular flexibility index (Phi) is 9.32. The van der Waals surface area contributed by atoms with Crippen molar-refractivity contribution in [2.24, 2.45) is 5.92 Å². The van der Waals surface area contributed by atoms with Crippen molar-refractivity contribution in [3.63, 3.8) is 0 Å². The molecular weight excluding hydrogens is 252 g/mol. The Morgan fingerprint density at radius 3 is 1.84 bits per heavy atom. The molecule has 0 spiro atoms. The van der Waals surface area contributed by atoms with E-state index in [1.165, 1.54) is 0 Å². The highest BCUT2D eigenvalue weighted by Gasteiger charge is 2.33. The summed E-state index contributed by atoms with van der Waals surface area (Å²) in [4.78, 5) is 0. The lowest BCUT2D eigenvalue weighted by Gasteiger charge is -2.22. The predicted molar refractivity (Wildman–Crippen MR) is 68.8 cm³/mol. The van der Waals surface area contributed by atoms with Crippen LogP contribution in [-0.2, 0) is 18.9 Å². The number of aliphatic hydroxyl groups is 2. The van der Waals surface area contributed by atoms with Crippen LogP contribution in [0.1, 0.15) is 19.8 Å². The number of hydrogen-bond donors (Lipinski definition) is 2. The standard InChI is InChI=1S/C6H10O2.C4H8O2.C3H8O2/c1-3-7-6-2-4-8-5(1)6;5-1-4-2-6-3-4;1-2-5-3-4/h5-6H,1-4H2;4-5H,1-3H2;4H,2-3H2,1H3/t5-,6-;;/m0../s1.